The number of amides is 1. The van der Waals surface area contributed by atoms with Crippen LogP contribution in [0.2, 0.25) is 0 Å². The third-order valence-corrected chi connectivity index (χ3v) is 2.76. The van der Waals surface area contributed by atoms with Crippen molar-refractivity contribution in [3.8, 4) is 0 Å². The Balaban J connectivity index is 2.71. The van der Waals surface area contributed by atoms with E-state index in [2.05, 4.69) is 13.8 Å². The van der Waals surface area contributed by atoms with Crippen molar-refractivity contribution in [2.75, 3.05) is 13.1 Å². The highest BCUT2D eigenvalue weighted by molar-refractivity contribution is 5.87. The van der Waals surface area contributed by atoms with E-state index in [1.165, 1.54) is 0 Å². The van der Waals surface area contributed by atoms with Crippen molar-refractivity contribution in [2.24, 2.45) is 5.41 Å². The Morgan fingerprint density at radius 1 is 1.53 bits per heavy atom. The molecule has 0 aliphatic carbocycles. The Labute approximate surface area is 91.8 Å². The molecule has 0 spiro atoms. The maximum absolute atomic E-state index is 11.7. The molecule has 1 aliphatic rings. The molecule has 0 aromatic carbocycles. The average Bonchev–Trinajstić information content (AvgIpc) is 2.23. The van der Waals surface area contributed by atoms with E-state index in [0.717, 1.165) is 13.0 Å². The molecule has 0 aromatic heterocycles. The first-order valence-corrected chi connectivity index (χ1v) is 5.54. The molecule has 0 bridgehead atoms. The standard InChI is InChI=1S/C12H21NO2/c1-4-5-11(15)13-7-6-10(14)8-12(2,3)9-13/h4-5,10,14H,6-9H2,1-3H3/b5-4+. The van der Waals surface area contributed by atoms with Gasteiger partial charge in [0.25, 0.3) is 0 Å². The van der Waals surface area contributed by atoms with Gasteiger partial charge in [-0.05, 0) is 31.3 Å². The summed E-state index contributed by atoms with van der Waals surface area (Å²) < 4.78 is 0. The molecule has 1 heterocycles. The van der Waals surface area contributed by atoms with Gasteiger partial charge in [-0.3, -0.25) is 4.79 Å². The average molecular weight is 211 g/mol. The van der Waals surface area contributed by atoms with Gasteiger partial charge in [-0.15, -0.1) is 0 Å². The monoisotopic (exact) mass is 211 g/mol. The minimum Gasteiger partial charge on any atom is -0.393 e. The van der Waals surface area contributed by atoms with E-state index in [0.29, 0.717) is 13.0 Å². The molecular weight excluding hydrogens is 190 g/mol. The molecule has 3 heteroatoms. The first kappa shape index (κ1) is 12.2. The van der Waals surface area contributed by atoms with Crippen molar-refractivity contribution in [1.82, 2.24) is 4.90 Å². The number of hydrogen-bond acceptors (Lipinski definition) is 2. The molecule has 1 saturated heterocycles. The molecule has 1 aliphatic heterocycles. The van der Waals surface area contributed by atoms with Gasteiger partial charge in [0.2, 0.25) is 5.91 Å². The first-order valence-electron chi connectivity index (χ1n) is 5.54. The minimum atomic E-state index is -0.275. The topological polar surface area (TPSA) is 40.5 Å². The summed E-state index contributed by atoms with van der Waals surface area (Å²) >= 11 is 0. The third kappa shape index (κ3) is 3.67. The van der Waals surface area contributed by atoms with Gasteiger partial charge in [-0.1, -0.05) is 19.9 Å². The Kier molecular flexibility index (Phi) is 3.91. The van der Waals surface area contributed by atoms with Gasteiger partial charge in [-0.2, -0.15) is 0 Å². The second-order valence-corrected chi connectivity index (χ2v) is 5.07. The lowest BCUT2D eigenvalue weighted by molar-refractivity contribution is -0.127. The SMILES string of the molecule is C/C=C/C(=O)N1CCC(O)CC(C)(C)C1. The van der Waals surface area contributed by atoms with E-state index in [1.54, 1.807) is 12.2 Å². The van der Waals surface area contributed by atoms with E-state index in [4.69, 9.17) is 0 Å². The van der Waals surface area contributed by atoms with E-state index < -0.39 is 0 Å². The summed E-state index contributed by atoms with van der Waals surface area (Å²) in [5.41, 5.74) is 0.00710. The highest BCUT2D eigenvalue weighted by Gasteiger charge is 2.30. The molecule has 0 aromatic rings. The highest BCUT2D eigenvalue weighted by Crippen LogP contribution is 2.28. The number of carbonyl (C=O) groups is 1. The van der Waals surface area contributed by atoms with Crippen LogP contribution in [0.15, 0.2) is 12.2 Å². The van der Waals surface area contributed by atoms with Gasteiger partial charge in [0.05, 0.1) is 6.10 Å². The van der Waals surface area contributed by atoms with E-state index in [1.807, 2.05) is 11.8 Å². The fourth-order valence-electron chi connectivity index (χ4n) is 2.14. The number of hydrogen-bond donors (Lipinski definition) is 1. The minimum absolute atomic E-state index is 0.00710. The van der Waals surface area contributed by atoms with Gasteiger partial charge >= 0.3 is 0 Å². The lowest BCUT2D eigenvalue weighted by Gasteiger charge is -2.29. The van der Waals surface area contributed by atoms with E-state index in [9.17, 15) is 9.90 Å². The lowest BCUT2D eigenvalue weighted by Crippen LogP contribution is -2.36. The van der Waals surface area contributed by atoms with Gasteiger partial charge in [0, 0.05) is 13.1 Å². The predicted molar refractivity (Wildman–Crippen MR) is 60.4 cm³/mol. The number of aliphatic hydroxyl groups excluding tert-OH is 1. The second-order valence-electron chi connectivity index (χ2n) is 5.07. The summed E-state index contributed by atoms with van der Waals surface area (Å²) in [5.74, 6) is 0.0553. The zero-order valence-corrected chi connectivity index (χ0v) is 9.86. The molecule has 1 N–H and O–H groups in total. The van der Waals surface area contributed by atoms with Crippen LogP contribution in [0.1, 0.15) is 33.6 Å². The van der Waals surface area contributed by atoms with Crippen LogP contribution in [-0.4, -0.2) is 35.1 Å². The summed E-state index contributed by atoms with van der Waals surface area (Å²) in [6.45, 7) is 7.42. The normalized spacial score (nSPS) is 26.7. The molecule has 1 rings (SSSR count). The Hall–Kier alpha value is -0.830. The number of carbonyl (C=O) groups excluding carboxylic acids is 1. The summed E-state index contributed by atoms with van der Waals surface area (Å²) in [6, 6.07) is 0. The largest absolute Gasteiger partial charge is 0.393 e. The summed E-state index contributed by atoms with van der Waals surface area (Å²) in [4.78, 5) is 13.5. The van der Waals surface area contributed by atoms with Crippen LogP contribution in [-0.2, 0) is 4.79 Å². The second kappa shape index (κ2) is 4.79. The Bertz CT molecular complexity index is 258. The van der Waals surface area contributed by atoms with Gasteiger partial charge in [0.15, 0.2) is 0 Å². The van der Waals surface area contributed by atoms with Crippen molar-refractivity contribution < 1.29 is 9.90 Å². The Morgan fingerprint density at radius 3 is 2.80 bits per heavy atom. The molecule has 1 amide bonds. The Morgan fingerprint density at radius 2 is 2.20 bits per heavy atom. The van der Waals surface area contributed by atoms with Crippen LogP contribution >= 0.6 is 0 Å². The number of likely N-dealkylation sites (tertiary alicyclic amines) is 1. The summed E-state index contributed by atoms with van der Waals surface area (Å²) in [5, 5.41) is 9.70. The summed E-state index contributed by atoms with van der Waals surface area (Å²) in [7, 11) is 0. The van der Waals surface area contributed by atoms with Crippen LogP contribution in [0.4, 0.5) is 0 Å². The summed E-state index contributed by atoms with van der Waals surface area (Å²) in [6.07, 6.45) is 4.53. The molecule has 1 atom stereocenters. The van der Waals surface area contributed by atoms with Crippen molar-refractivity contribution in [2.45, 2.75) is 39.7 Å². The zero-order valence-electron chi connectivity index (χ0n) is 9.86. The maximum Gasteiger partial charge on any atom is 0.246 e. The highest BCUT2D eigenvalue weighted by atomic mass is 16.3. The quantitative estimate of drug-likeness (QED) is 0.669. The lowest BCUT2D eigenvalue weighted by atomic mass is 9.87. The van der Waals surface area contributed by atoms with E-state index >= 15 is 0 Å². The molecule has 0 saturated carbocycles. The van der Waals surface area contributed by atoms with Crippen LogP contribution in [0.25, 0.3) is 0 Å². The van der Waals surface area contributed by atoms with E-state index in [-0.39, 0.29) is 17.4 Å². The fraction of sp³-hybridized carbons (Fsp3) is 0.750. The zero-order chi connectivity index (χ0) is 11.5. The van der Waals surface area contributed by atoms with Crippen LogP contribution in [0.5, 0.6) is 0 Å². The number of nitrogens with zero attached hydrogens (tertiary/aromatic N) is 1. The van der Waals surface area contributed by atoms with Crippen LogP contribution in [0.3, 0.4) is 0 Å². The molecular formula is C12H21NO2. The van der Waals surface area contributed by atoms with Crippen molar-refractivity contribution in [3.63, 3.8) is 0 Å². The van der Waals surface area contributed by atoms with Gasteiger partial charge < -0.3 is 10.0 Å². The molecule has 3 nitrogen and oxygen atoms in total. The van der Waals surface area contributed by atoms with Crippen LogP contribution < -0.4 is 0 Å². The van der Waals surface area contributed by atoms with Crippen LogP contribution in [0, 0.1) is 5.41 Å². The van der Waals surface area contributed by atoms with Crippen molar-refractivity contribution in [1.29, 1.82) is 0 Å². The van der Waals surface area contributed by atoms with Crippen molar-refractivity contribution in [3.05, 3.63) is 12.2 Å². The fourth-order valence-corrected chi connectivity index (χ4v) is 2.14. The number of rotatable bonds is 1. The smallest absolute Gasteiger partial charge is 0.246 e. The third-order valence-electron chi connectivity index (χ3n) is 2.76. The van der Waals surface area contributed by atoms with Gasteiger partial charge in [-0.25, -0.2) is 0 Å². The number of allylic oxidation sites excluding steroid dienone is 1. The molecule has 1 fully saturated rings. The molecule has 1 unspecified atom stereocenters. The first-order chi connectivity index (χ1) is 6.94. The van der Waals surface area contributed by atoms with Crippen molar-refractivity contribution >= 4 is 5.91 Å². The molecule has 0 radical (unpaired) electrons. The number of aliphatic hydroxyl groups is 1. The maximum atomic E-state index is 11.7. The van der Waals surface area contributed by atoms with Gasteiger partial charge in [0.1, 0.15) is 0 Å². The molecule has 15 heavy (non-hydrogen) atoms. The molecule has 86 valence electrons. The predicted octanol–water partition coefficient (Wildman–Crippen LogP) is 1.57.